The third-order valence-corrected chi connectivity index (χ3v) is 5.12. The molecule has 8 heteroatoms. The van der Waals surface area contributed by atoms with Crippen LogP contribution in [0.15, 0.2) is 42.6 Å². The monoisotopic (exact) mass is 406 g/mol. The van der Waals surface area contributed by atoms with Crippen LogP contribution in [-0.2, 0) is 11.2 Å². The summed E-state index contributed by atoms with van der Waals surface area (Å²) < 4.78 is 0. The van der Waals surface area contributed by atoms with E-state index in [0.717, 1.165) is 5.56 Å². The molecule has 1 unspecified atom stereocenters. The van der Waals surface area contributed by atoms with Gasteiger partial charge in [0.2, 0.25) is 5.91 Å². The lowest BCUT2D eigenvalue weighted by molar-refractivity contribution is -0.134. The van der Waals surface area contributed by atoms with Crippen LogP contribution in [0.5, 0.6) is 0 Å². The summed E-state index contributed by atoms with van der Waals surface area (Å²) in [6.07, 6.45) is 1.93. The topological polar surface area (TPSA) is 79.5 Å². The first-order chi connectivity index (χ1) is 13.0. The highest BCUT2D eigenvalue weighted by molar-refractivity contribution is 6.35. The van der Waals surface area contributed by atoms with E-state index in [1.165, 1.54) is 0 Å². The molecule has 1 fully saturated rings. The Morgan fingerprint density at radius 2 is 1.78 bits per heavy atom. The number of aromatic nitrogens is 1. The van der Waals surface area contributed by atoms with Crippen molar-refractivity contribution in [2.24, 2.45) is 5.73 Å². The van der Waals surface area contributed by atoms with E-state index in [1.807, 2.05) is 0 Å². The summed E-state index contributed by atoms with van der Waals surface area (Å²) in [5, 5.41) is 1.04. The van der Waals surface area contributed by atoms with Gasteiger partial charge in [-0.05, 0) is 36.2 Å². The van der Waals surface area contributed by atoms with E-state index < -0.39 is 6.04 Å². The Balaban J connectivity index is 1.55. The normalized spacial score (nSPS) is 15.5. The van der Waals surface area contributed by atoms with Crippen molar-refractivity contribution in [3.05, 3.63) is 63.9 Å². The maximum atomic E-state index is 12.6. The molecule has 2 amide bonds. The van der Waals surface area contributed by atoms with Crippen molar-refractivity contribution in [3.63, 3.8) is 0 Å². The second-order valence-corrected chi connectivity index (χ2v) is 7.22. The van der Waals surface area contributed by atoms with Gasteiger partial charge in [-0.1, -0.05) is 35.3 Å². The minimum atomic E-state index is -0.693. The van der Waals surface area contributed by atoms with Crippen molar-refractivity contribution >= 4 is 35.0 Å². The molecule has 1 aromatic heterocycles. The third-order valence-electron chi connectivity index (χ3n) is 4.53. The molecule has 1 saturated heterocycles. The molecular weight excluding hydrogens is 387 g/mol. The standard InChI is InChI=1S/C19H20Cl2N4O2/c20-14-5-4-13(15(21)12-14)11-16(22)18(26)24-7-9-25(10-8-24)19(27)17-3-1-2-6-23-17/h1-6,12,16H,7-11,22H2. The van der Waals surface area contributed by atoms with Crippen LogP contribution in [0.25, 0.3) is 0 Å². The Kier molecular flexibility index (Phi) is 6.31. The molecular formula is C19H20Cl2N4O2. The van der Waals surface area contributed by atoms with E-state index >= 15 is 0 Å². The van der Waals surface area contributed by atoms with E-state index in [4.69, 9.17) is 28.9 Å². The summed E-state index contributed by atoms with van der Waals surface area (Å²) >= 11 is 12.1. The van der Waals surface area contributed by atoms with Crippen LogP contribution < -0.4 is 5.73 Å². The molecule has 6 nitrogen and oxygen atoms in total. The van der Waals surface area contributed by atoms with Crippen molar-refractivity contribution in [3.8, 4) is 0 Å². The molecule has 1 aliphatic heterocycles. The summed E-state index contributed by atoms with van der Waals surface area (Å²) in [6.45, 7) is 1.80. The first-order valence-electron chi connectivity index (χ1n) is 8.64. The van der Waals surface area contributed by atoms with Gasteiger partial charge in [0.25, 0.3) is 5.91 Å². The Bertz CT molecular complexity index is 824. The van der Waals surface area contributed by atoms with Crippen LogP contribution in [0, 0.1) is 0 Å². The van der Waals surface area contributed by atoms with Crippen LogP contribution in [-0.4, -0.2) is 58.8 Å². The van der Waals surface area contributed by atoms with Gasteiger partial charge in [-0.3, -0.25) is 14.6 Å². The second-order valence-electron chi connectivity index (χ2n) is 6.38. The molecule has 0 spiro atoms. The number of hydrogen-bond acceptors (Lipinski definition) is 4. The zero-order valence-corrected chi connectivity index (χ0v) is 16.2. The lowest BCUT2D eigenvalue weighted by Gasteiger charge is -2.35. The number of carbonyl (C=O) groups excluding carboxylic acids is 2. The highest BCUT2D eigenvalue weighted by Crippen LogP contribution is 2.22. The fraction of sp³-hybridized carbons (Fsp3) is 0.316. The van der Waals surface area contributed by atoms with Gasteiger partial charge in [0, 0.05) is 42.4 Å². The molecule has 0 radical (unpaired) electrons. The minimum Gasteiger partial charge on any atom is -0.338 e. The van der Waals surface area contributed by atoms with Crippen LogP contribution in [0.1, 0.15) is 16.1 Å². The van der Waals surface area contributed by atoms with Gasteiger partial charge in [0.05, 0.1) is 6.04 Å². The van der Waals surface area contributed by atoms with Crippen molar-refractivity contribution in [1.29, 1.82) is 0 Å². The van der Waals surface area contributed by atoms with E-state index in [9.17, 15) is 9.59 Å². The Morgan fingerprint density at radius 1 is 1.07 bits per heavy atom. The van der Waals surface area contributed by atoms with Crippen LogP contribution in [0.2, 0.25) is 10.0 Å². The number of halogens is 2. The van der Waals surface area contributed by atoms with Gasteiger partial charge in [0.1, 0.15) is 5.69 Å². The van der Waals surface area contributed by atoms with Crippen molar-refractivity contribution < 1.29 is 9.59 Å². The fourth-order valence-electron chi connectivity index (χ4n) is 3.03. The number of benzene rings is 1. The molecule has 0 saturated carbocycles. The first-order valence-corrected chi connectivity index (χ1v) is 9.40. The van der Waals surface area contributed by atoms with E-state index in [-0.39, 0.29) is 11.8 Å². The van der Waals surface area contributed by atoms with Crippen molar-refractivity contribution in [2.75, 3.05) is 26.2 Å². The maximum absolute atomic E-state index is 12.6. The van der Waals surface area contributed by atoms with Crippen molar-refractivity contribution in [1.82, 2.24) is 14.8 Å². The first kappa shape index (κ1) is 19.6. The average molecular weight is 407 g/mol. The molecule has 0 aliphatic carbocycles. The smallest absolute Gasteiger partial charge is 0.272 e. The van der Waals surface area contributed by atoms with Gasteiger partial charge >= 0.3 is 0 Å². The predicted molar refractivity (Wildman–Crippen MR) is 105 cm³/mol. The Hall–Kier alpha value is -2.15. The lowest BCUT2D eigenvalue weighted by Crippen LogP contribution is -2.54. The zero-order valence-electron chi connectivity index (χ0n) is 14.6. The van der Waals surface area contributed by atoms with Crippen LogP contribution >= 0.6 is 23.2 Å². The van der Waals surface area contributed by atoms with Gasteiger partial charge in [0.15, 0.2) is 0 Å². The Morgan fingerprint density at radius 3 is 2.41 bits per heavy atom. The summed E-state index contributed by atoms with van der Waals surface area (Å²) in [5.74, 6) is -0.272. The average Bonchev–Trinajstić information content (AvgIpc) is 2.69. The number of pyridine rings is 1. The summed E-state index contributed by atoms with van der Waals surface area (Å²) in [5.41, 5.74) is 7.29. The number of nitrogens with two attached hydrogens (primary N) is 1. The zero-order chi connectivity index (χ0) is 19.4. The van der Waals surface area contributed by atoms with Gasteiger partial charge < -0.3 is 15.5 Å². The molecule has 1 aliphatic rings. The number of hydrogen-bond donors (Lipinski definition) is 1. The van der Waals surface area contributed by atoms with E-state index in [0.29, 0.717) is 48.3 Å². The Labute approximate surface area is 167 Å². The van der Waals surface area contributed by atoms with Gasteiger partial charge in [-0.2, -0.15) is 0 Å². The fourth-order valence-corrected chi connectivity index (χ4v) is 3.51. The minimum absolute atomic E-state index is 0.125. The number of rotatable bonds is 4. The van der Waals surface area contributed by atoms with Crippen LogP contribution in [0.3, 0.4) is 0 Å². The predicted octanol–water partition coefficient (Wildman–Crippen LogP) is 2.24. The highest BCUT2D eigenvalue weighted by atomic mass is 35.5. The molecule has 142 valence electrons. The van der Waals surface area contributed by atoms with E-state index in [2.05, 4.69) is 4.98 Å². The number of piperazine rings is 1. The molecule has 2 heterocycles. The van der Waals surface area contributed by atoms with Crippen LogP contribution in [0.4, 0.5) is 0 Å². The van der Waals surface area contributed by atoms with Gasteiger partial charge in [-0.25, -0.2) is 0 Å². The third kappa shape index (κ3) is 4.77. The lowest BCUT2D eigenvalue weighted by atomic mass is 10.0. The largest absolute Gasteiger partial charge is 0.338 e. The molecule has 3 rings (SSSR count). The molecule has 2 aromatic rings. The summed E-state index contributed by atoms with van der Waals surface area (Å²) in [6, 6.07) is 9.68. The highest BCUT2D eigenvalue weighted by Gasteiger charge is 2.28. The SMILES string of the molecule is NC(Cc1ccc(Cl)cc1Cl)C(=O)N1CCN(C(=O)c2ccccn2)CC1. The van der Waals surface area contributed by atoms with Gasteiger partial charge in [-0.15, -0.1) is 0 Å². The summed E-state index contributed by atoms with van der Waals surface area (Å²) in [4.78, 5) is 32.5. The second kappa shape index (κ2) is 8.69. The molecule has 1 aromatic carbocycles. The molecule has 0 bridgehead atoms. The maximum Gasteiger partial charge on any atom is 0.272 e. The number of nitrogens with zero attached hydrogens (tertiary/aromatic N) is 3. The van der Waals surface area contributed by atoms with E-state index in [1.54, 1.807) is 52.4 Å². The van der Waals surface area contributed by atoms with Crippen molar-refractivity contribution in [2.45, 2.75) is 12.5 Å². The number of carbonyl (C=O) groups is 2. The molecule has 27 heavy (non-hydrogen) atoms. The quantitative estimate of drug-likeness (QED) is 0.843. The molecule has 1 atom stereocenters. The number of amides is 2. The summed E-state index contributed by atoms with van der Waals surface area (Å²) in [7, 11) is 0. The molecule has 2 N–H and O–H groups in total.